The molecular weight excluding hydrogens is 252 g/mol. The summed E-state index contributed by atoms with van der Waals surface area (Å²) in [4.78, 5) is 16.2. The lowest BCUT2D eigenvalue weighted by Crippen LogP contribution is -2.40. The summed E-state index contributed by atoms with van der Waals surface area (Å²) in [6, 6.07) is 1.68. The Morgan fingerprint density at radius 1 is 1.55 bits per heavy atom. The minimum atomic E-state index is -0.103. The number of hydrogen-bond acceptors (Lipinski definition) is 3. The van der Waals surface area contributed by atoms with Crippen LogP contribution in [-0.4, -0.2) is 29.1 Å². The van der Waals surface area contributed by atoms with Crippen LogP contribution in [-0.2, 0) is 0 Å². The molecule has 1 fully saturated rings. The van der Waals surface area contributed by atoms with Crippen LogP contribution in [0, 0.1) is 17.3 Å². The van der Waals surface area contributed by atoms with Crippen molar-refractivity contribution in [2.45, 2.75) is 32.6 Å². The van der Waals surface area contributed by atoms with Crippen molar-refractivity contribution in [3.8, 4) is 11.8 Å². The van der Waals surface area contributed by atoms with E-state index in [1.807, 2.05) is 0 Å². The monoisotopic (exact) mass is 272 g/mol. The highest BCUT2D eigenvalue weighted by Crippen LogP contribution is 2.39. The molecule has 0 atom stereocenters. The summed E-state index contributed by atoms with van der Waals surface area (Å²) < 4.78 is 0. The van der Waals surface area contributed by atoms with Crippen LogP contribution in [0.2, 0.25) is 0 Å². The average molecular weight is 272 g/mol. The van der Waals surface area contributed by atoms with Gasteiger partial charge in [0.05, 0.1) is 17.7 Å². The second-order valence-corrected chi connectivity index (χ2v) is 5.54. The van der Waals surface area contributed by atoms with Crippen molar-refractivity contribution >= 4 is 5.91 Å². The molecule has 2 N–H and O–H groups in total. The summed E-state index contributed by atoms with van der Waals surface area (Å²) in [7, 11) is 0. The Labute approximate surface area is 119 Å². The van der Waals surface area contributed by atoms with Gasteiger partial charge in [-0.1, -0.05) is 25.2 Å². The number of carbonyl (C=O) groups is 1. The van der Waals surface area contributed by atoms with Crippen LogP contribution >= 0.6 is 0 Å². The molecule has 1 aromatic heterocycles. The van der Waals surface area contributed by atoms with E-state index in [1.54, 1.807) is 18.5 Å². The third-order valence-corrected chi connectivity index (χ3v) is 3.76. The first-order chi connectivity index (χ1) is 9.64. The van der Waals surface area contributed by atoms with Gasteiger partial charge < -0.3 is 10.4 Å². The molecule has 1 aromatic rings. The molecule has 0 bridgehead atoms. The van der Waals surface area contributed by atoms with Crippen LogP contribution in [0.5, 0.6) is 0 Å². The molecule has 1 amide bonds. The molecule has 20 heavy (non-hydrogen) atoms. The van der Waals surface area contributed by atoms with Crippen LogP contribution in [0.15, 0.2) is 18.5 Å². The Kier molecular flexibility index (Phi) is 4.75. The third-order valence-electron chi connectivity index (χ3n) is 3.76. The number of aliphatic hydroxyl groups is 1. The molecule has 2 rings (SSSR count). The van der Waals surface area contributed by atoms with E-state index < -0.39 is 0 Å². The van der Waals surface area contributed by atoms with Gasteiger partial charge in [0, 0.05) is 25.4 Å². The lowest BCUT2D eigenvalue weighted by atomic mass is 9.70. The zero-order valence-corrected chi connectivity index (χ0v) is 11.8. The number of aliphatic hydroxyl groups excluding tert-OH is 1. The zero-order valence-electron chi connectivity index (χ0n) is 11.8. The smallest absolute Gasteiger partial charge is 0.252 e. The van der Waals surface area contributed by atoms with E-state index in [0.29, 0.717) is 24.1 Å². The van der Waals surface area contributed by atoms with E-state index >= 15 is 0 Å². The van der Waals surface area contributed by atoms with Crippen molar-refractivity contribution in [1.82, 2.24) is 10.3 Å². The molecule has 1 heterocycles. The lowest BCUT2D eigenvalue weighted by molar-refractivity contribution is 0.0890. The van der Waals surface area contributed by atoms with Gasteiger partial charge in [-0.25, -0.2) is 0 Å². The summed E-state index contributed by atoms with van der Waals surface area (Å²) >= 11 is 0. The van der Waals surface area contributed by atoms with Crippen molar-refractivity contribution in [3.05, 3.63) is 29.6 Å². The Hall–Kier alpha value is -1.86. The number of carbonyl (C=O) groups excluding carboxylic acids is 1. The van der Waals surface area contributed by atoms with Crippen LogP contribution in [0.3, 0.4) is 0 Å². The molecule has 0 saturated heterocycles. The van der Waals surface area contributed by atoms with E-state index in [4.69, 9.17) is 5.11 Å². The minimum Gasteiger partial charge on any atom is -0.395 e. The SMILES string of the molecule is CC1(CNC(=O)c2ccncc2C#CCCO)CCC1. The number of aromatic nitrogens is 1. The molecular formula is C16H20N2O2. The number of rotatable bonds is 4. The maximum absolute atomic E-state index is 12.2. The maximum atomic E-state index is 12.2. The van der Waals surface area contributed by atoms with E-state index in [2.05, 4.69) is 29.1 Å². The van der Waals surface area contributed by atoms with Gasteiger partial charge >= 0.3 is 0 Å². The van der Waals surface area contributed by atoms with E-state index in [0.717, 1.165) is 0 Å². The summed E-state index contributed by atoms with van der Waals surface area (Å²) in [5, 5.41) is 11.7. The van der Waals surface area contributed by atoms with Gasteiger partial charge in [-0.05, 0) is 24.3 Å². The van der Waals surface area contributed by atoms with Crippen molar-refractivity contribution in [2.24, 2.45) is 5.41 Å². The fraction of sp³-hybridized carbons (Fsp3) is 0.500. The summed E-state index contributed by atoms with van der Waals surface area (Å²) in [6.45, 7) is 2.93. The van der Waals surface area contributed by atoms with Crippen molar-refractivity contribution in [1.29, 1.82) is 0 Å². The van der Waals surface area contributed by atoms with Gasteiger partial charge in [0.15, 0.2) is 0 Å². The molecule has 0 spiro atoms. The van der Waals surface area contributed by atoms with Crippen molar-refractivity contribution in [2.75, 3.05) is 13.2 Å². The van der Waals surface area contributed by atoms with Crippen LogP contribution in [0.1, 0.15) is 48.5 Å². The van der Waals surface area contributed by atoms with Gasteiger partial charge in [0.25, 0.3) is 5.91 Å². The summed E-state index contributed by atoms with van der Waals surface area (Å²) in [5.74, 6) is 5.61. The topological polar surface area (TPSA) is 62.2 Å². The molecule has 106 valence electrons. The second kappa shape index (κ2) is 6.53. The highest BCUT2D eigenvalue weighted by Gasteiger charge is 2.32. The largest absolute Gasteiger partial charge is 0.395 e. The molecule has 1 aliphatic carbocycles. The summed E-state index contributed by atoms with van der Waals surface area (Å²) in [5.41, 5.74) is 1.41. The van der Waals surface area contributed by atoms with Gasteiger partial charge in [-0.3, -0.25) is 9.78 Å². The molecule has 0 aliphatic heterocycles. The number of nitrogens with zero attached hydrogens (tertiary/aromatic N) is 1. The highest BCUT2D eigenvalue weighted by atomic mass is 16.2. The minimum absolute atomic E-state index is 0.0210. The predicted molar refractivity (Wildman–Crippen MR) is 77.1 cm³/mol. The first-order valence-corrected chi connectivity index (χ1v) is 6.97. The first-order valence-electron chi connectivity index (χ1n) is 6.97. The first kappa shape index (κ1) is 14.5. The zero-order chi connectivity index (χ0) is 14.4. The fourth-order valence-electron chi connectivity index (χ4n) is 2.25. The number of amides is 1. The van der Waals surface area contributed by atoms with Crippen molar-refractivity contribution in [3.63, 3.8) is 0 Å². The fourth-order valence-corrected chi connectivity index (χ4v) is 2.25. The number of hydrogen-bond donors (Lipinski definition) is 2. The second-order valence-electron chi connectivity index (χ2n) is 5.54. The lowest BCUT2D eigenvalue weighted by Gasteiger charge is -2.38. The standard InChI is InChI=1S/C16H20N2O2/c1-16(7-4-8-16)12-18-15(20)14-6-9-17-11-13(14)5-2-3-10-19/h6,9,11,19H,3-4,7-8,10,12H2,1H3,(H,18,20). The van der Waals surface area contributed by atoms with E-state index in [1.165, 1.54) is 19.3 Å². The Morgan fingerprint density at radius 2 is 2.35 bits per heavy atom. The average Bonchev–Trinajstić information content (AvgIpc) is 2.43. The number of pyridine rings is 1. The van der Waals surface area contributed by atoms with E-state index in [-0.39, 0.29) is 17.9 Å². The molecule has 1 aliphatic rings. The Morgan fingerprint density at radius 3 is 3.00 bits per heavy atom. The highest BCUT2D eigenvalue weighted by molar-refractivity contribution is 5.96. The van der Waals surface area contributed by atoms with Crippen LogP contribution < -0.4 is 5.32 Å². The van der Waals surface area contributed by atoms with Crippen LogP contribution in [0.4, 0.5) is 0 Å². The Bertz CT molecular complexity index is 539. The quantitative estimate of drug-likeness (QED) is 0.821. The van der Waals surface area contributed by atoms with Crippen LogP contribution in [0.25, 0.3) is 0 Å². The molecule has 4 nitrogen and oxygen atoms in total. The normalized spacial score (nSPS) is 15.7. The molecule has 0 radical (unpaired) electrons. The number of nitrogens with one attached hydrogen (secondary N) is 1. The molecule has 0 unspecified atom stereocenters. The van der Waals surface area contributed by atoms with E-state index in [9.17, 15) is 4.79 Å². The maximum Gasteiger partial charge on any atom is 0.252 e. The molecule has 1 saturated carbocycles. The summed E-state index contributed by atoms with van der Waals surface area (Å²) in [6.07, 6.45) is 7.18. The van der Waals surface area contributed by atoms with Gasteiger partial charge in [0.1, 0.15) is 0 Å². The Balaban J connectivity index is 2.03. The third kappa shape index (κ3) is 3.58. The molecule has 0 aromatic carbocycles. The predicted octanol–water partition coefficient (Wildman–Crippen LogP) is 1.74. The van der Waals surface area contributed by atoms with Crippen molar-refractivity contribution < 1.29 is 9.90 Å². The van der Waals surface area contributed by atoms with Gasteiger partial charge in [-0.2, -0.15) is 0 Å². The van der Waals surface area contributed by atoms with Gasteiger partial charge in [-0.15, -0.1) is 0 Å². The van der Waals surface area contributed by atoms with Gasteiger partial charge in [0.2, 0.25) is 0 Å². The molecule has 4 heteroatoms.